The van der Waals surface area contributed by atoms with Crippen molar-refractivity contribution in [2.45, 2.75) is 76.5 Å². The highest BCUT2D eigenvalue weighted by atomic mass is 32.2. The van der Waals surface area contributed by atoms with Crippen molar-refractivity contribution in [2.75, 3.05) is 33.2 Å². The lowest BCUT2D eigenvalue weighted by molar-refractivity contribution is -0.144. The predicted octanol–water partition coefficient (Wildman–Crippen LogP) is 4.66. The van der Waals surface area contributed by atoms with E-state index >= 15 is 0 Å². The molecule has 0 radical (unpaired) electrons. The zero-order valence-corrected chi connectivity index (χ0v) is 22.8. The third-order valence-electron chi connectivity index (χ3n) is 5.68. The van der Waals surface area contributed by atoms with Crippen LogP contribution < -0.4 is 0 Å². The van der Waals surface area contributed by atoms with Gasteiger partial charge in [0.2, 0.25) is 0 Å². The first-order valence-electron chi connectivity index (χ1n) is 11.4. The van der Waals surface area contributed by atoms with Crippen molar-refractivity contribution in [3.05, 3.63) is 35.4 Å². The largest absolute Gasteiger partial charge is 0.597 e. The summed E-state index contributed by atoms with van der Waals surface area (Å²) in [5.74, 6) is -0.560. The number of nitrogens with zero attached hydrogens (tertiary/aromatic N) is 1. The van der Waals surface area contributed by atoms with Crippen LogP contribution in [0.3, 0.4) is 0 Å². The average molecular weight is 484 g/mol. The molecule has 1 aliphatic heterocycles. The number of ether oxygens (including phenoxy) is 3. The van der Waals surface area contributed by atoms with Crippen molar-refractivity contribution in [2.24, 2.45) is 0 Å². The lowest BCUT2D eigenvalue weighted by Gasteiger charge is -2.50. The number of rotatable bonds is 11. The molecule has 0 aromatic heterocycles. The Kier molecular flexibility index (Phi) is 9.41. The highest BCUT2D eigenvalue weighted by Gasteiger charge is 2.54. The van der Waals surface area contributed by atoms with Crippen LogP contribution in [0.15, 0.2) is 24.3 Å². The van der Waals surface area contributed by atoms with E-state index in [1.165, 1.54) is 0 Å². The van der Waals surface area contributed by atoms with Crippen LogP contribution in [-0.2, 0) is 35.9 Å². The number of carbonyl (C=O) groups excluding carboxylic acids is 1. The fourth-order valence-electron chi connectivity index (χ4n) is 3.42. The Morgan fingerprint density at radius 3 is 2.28 bits per heavy atom. The van der Waals surface area contributed by atoms with Gasteiger partial charge < -0.3 is 18.8 Å². The molecule has 0 aliphatic carbocycles. The van der Waals surface area contributed by atoms with Crippen LogP contribution in [0.2, 0.25) is 25.7 Å². The Balaban J connectivity index is 2.26. The molecular formula is C24H41NO5SSi. The molecule has 0 N–H and O–H groups in total. The Labute approximate surface area is 198 Å². The quantitative estimate of drug-likeness (QED) is 0.150. The van der Waals surface area contributed by atoms with Gasteiger partial charge in [0, 0.05) is 26.0 Å². The third-order valence-corrected chi connectivity index (χ3v) is 9.28. The van der Waals surface area contributed by atoms with E-state index in [1.54, 1.807) is 0 Å². The van der Waals surface area contributed by atoms with Crippen LogP contribution in [0.25, 0.3) is 0 Å². The molecule has 2 unspecified atom stereocenters. The monoisotopic (exact) mass is 483 g/mol. The minimum absolute atomic E-state index is 0.229. The summed E-state index contributed by atoms with van der Waals surface area (Å²) in [5, 5.41) is 0. The molecule has 0 spiro atoms. The fourth-order valence-corrected chi connectivity index (χ4v) is 5.54. The highest BCUT2D eigenvalue weighted by molar-refractivity contribution is 7.90. The Bertz CT molecular complexity index is 740. The van der Waals surface area contributed by atoms with Crippen LogP contribution in [0.4, 0.5) is 0 Å². The van der Waals surface area contributed by atoms with E-state index in [1.807, 2.05) is 63.2 Å². The zero-order valence-electron chi connectivity index (χ0n) is 21.0. The van der Waals surface area contributed by atoms with Crippen LogP contribution in [-0.4, -0.2) is 60.8 Å². The van der Waals surface area contributed by atoms with Gasteiger partial charge in [0.1, 0.15) is 17.0 Å². The van der Waals surface area contributed by atoms with E-state index in [9.17, 15) is 9.35 Å². The molecule has 6 nitrogen and oxygen atoms in total. The molecule has 2 rings (SSSR count). The first-order chi connectivity index (χ1) is 14.8. The van der Waals surface area contributed by atoms with Crippen molar-refractivity contribution < 1.29 is 23.6 Å². The van der Waals surface area contributed by atoms with E-state index in [4.69, 9.17) is 14.2 Å². The first kappa shape index (κ1) is 27.3. The van der Waals surface area contributed by atoms with Crippen molar-refractivity contribution in [3.8, 4) is 0 Å². The molecular weight excluding hydrogens is 442 g/mol. The summed E-state index contributed by atoms with van der Waals surface area (Å²) in [6.07, 6.45) is 0. The molecule has 32 heavy (non-hydrogen) atoms. The number of esters is 1. The summed E-state index contributed by atoms with van der Waals surface area (Å²) in [6, 6.07) is 9.01. The molecule has 0 saturated carbocycles. The van der Waals surface area contributed by atoms with Gasteiger partial charge in [-0.1, -0.05) is 48.2 Å². The van der Waals surface area contributed by atoms with Crippen molar-refractivity contribution in [1.82, 2.24) is 4.31 Å². The normalized spacial score (nSPS) is 18.2. The van der Waals surface area contributed by atoms with Gasteiger partial charge in [-0.3, -0.25) is 4.79 Å². The maximum Gasteiger partial charge on any atom is 0.313 e. The summed E-state index contributed by atoms with van der Waals surface area (Å²) >= 11 is -1.28. The number of hydrogen-bond donors (Lipinski definition) is 0. The number of carbonyl (C=O) groups is 1. The van der Waals surface area contributed by atoms with E-state index in [2.05, 4.69) is 19.6 Å². The second-order valence-corrected chi connectivity index (χ2v) is 18.5. The molecule has 0 amide bonds. The first-order valence-corrected chi connectivity index (χ1v) is 16.3. The zero-order chi connectivity index (χ0) is 24.2. The van der Waals surface area contributed by atoms with Crippen molar-refractivity contribution in [3.63, 3.8) is 0 Å². The predicted molar refractivity (Wildman–Crippen MR) is 133 cm³/mol. The second-order valence-electron chi connectivity index (χ2n) is 10.7. The molecule has 8 heteroatoms. The maximum atomic E-state index is 13.6. The van der Waals surface area contributed by atoms with Gasteiger partial charge >= 0.3 is 5.97 Å². The van der Waals surface area contributed by atoms with E-state index in [0.717, 1.165) is 17.2 Å². The van der Waals surface area contributed by atoms with E-state index in [-0.39, 0.29) is 11.9 Å². The molecule has 182 valence electrons. The van der Waals surface area contributed by atoms with Gasteiger partial charge in [0.15, 0.2) is 0 Å². The molecule has 2 atom stereocenters. The molecule has 1 aliphatic rings. The smallest absolute Gasteiger partial charge is 0.313 e. The van der Waals surface area contributed by atoms with Gasteiger partial charge in [-0.15, -0.1) is 0 Å². The van der Waals surface area contributed by atoms with Crippen LogP contribution in [0.5, 0.6) is 0 Å². The topological polar surface area (TPSA) is 71.1 Å². The lowest BCUT2D eigenvalue weighted by atomic mass is 9.86. The molecule has 1 aromatic rings. The average Bonchev–Trinajstić information content (AvgIpc) is 2.67. The Hall–Kier alpha value is -0.903. The second kappa shape index (κ2) is 11.0. The summed E-state index contributed by atoms with van der Waals surface area (Å²) in [7, 11) is -1.21. The number of hydrogen-bond acceptors (Lipinski definition) is 6. The van der Waals surface area contributed by atoms with Gasteiger partial charge in [0.25, 0.3) is 0 Å². The summed E-state index contributed by atoms with van der Waals surface area (Å²) < 4.78 is 32.0. The summed E-state index contributed by atoms with van der Waals surface area (Å²) in [4.78, 5) is 12.1. The molecule has 1 aromatic carbocycles. The van der Waals surface area contributed by atoms with Crippen molar-refractivity contribution >= 4 is 25.4 Å². The molecule has 1 saturated heterocycles. The summed E-state index contributed by atoms with van der Waals surface area (Å²) in [5.41, 5.74) is 1.41. The highest BCUT2D eigenvalue weighted by Crippen LogP contribution is 2.41. The SMILES string of the molecule is CCOC(=O)C(C)c1ccc(C2(N(COCC[Si](C)(C)C)[S+]([O-])C(C)(C)C)COC2)cc1. The molecule has 0 bridgehead atoms. The third kappa shape index (κ3) is 6.81. The Morgan fingerprint density at radius 2 is 1.84 bits per heavy atom. The Morgan fingerprint density at radius 1 is 1.25 bits per heavy atom. The van der Waals surface area contributed by atoms with Gasteiger partial charge in [-0.05, 0) is 51.8 Å². The minimum Gasteiger partial charge on any atom is -0.597 e. The lowest BCUT2D eigenvalue weighted by Crippen LogP contribution is -2.64. The number of benzene rings is 1. The standard InChI is InChI=1S/C24H41NO5SSi/c1-9-30-22(26)19(2)20-10-12-21(13-11-20)24(16-29-17-24)25(31(27)23(3,4)5)18-28-14-15-32(6,7)8/h10-13,19H,9,14-18H2,1-8H3. The van der Waals surface area contributed by atoms with Gasteiger partial charge in [-0.2, -0.15) is 0 Å². The summed E-state index contributed by atoms with van der Waals surface area (Å²) in [6.45, 7) is 18.8. The van der Waals surface area contributed by atoms with E-state index < -0.39 is 29.7 Å². The van der Waals surface area contributed by atoms with Crippen LogP contribution in [0, 0.1) is 0 Å². The van der Waals surface area contributed by atoms with Gasteiger partial charge in [0.05, 0.1) is 25.7 Å². The van der Waals surface area contributed by atoms with Gasteiger partial charge in [-0.25, -0.2) is 0 Å². The molecule has 1 fully saturated rings. The van der Waals surface area contributed by atoms with Crippen LogP contribution >= 0.6 is 0 Å². The van der Waals surface area contributed by atoms with E-state index in [0.29, 0.717) is 33.2 Å². The minimum atomic E-state index is -1.28. The van der Waals surface area contributed by atoms with Crippen molar-refractivity contribution in [1.29, 1.82) is 0 Å². The fraction of sp³-hybridized carbons (Fsp3) is 0.708. The van der Waals surface area contributed by atoms with Crippen LogP contribution in [0.1, 0.15) is 51.7 Å². The maximum absolute atomic E-state index is 13.6. The molecule has 1 heterocycles.